The third-order valence-electron chi connectivity index (χ3n) is 11.0. The molecule has 2 aromatic rings. The van der Waals surface area contributed by atoms with Crippen molar-refractivity contribution in [2.45, 2.75) is 122 Å². The maximum Gasteiger partial charge on any atom is 0.245 e. The molecule has 1 aliphatic heterocycles. The number of aromatic nitrogens is 1. The molecule has 1 fully saturated rings. The van der Waals surface area contributed by atoms with Crippen LogP contribution in [-0.4, -0.2) is 124 Å². The summed E-state index contributed by atoms with van der Waals surface area (Å²) in [5.41, 5.74) is 12.9. The summed E-state index contributed by atoms with van der Waals surface area (Å²) in [6.07, 6.45) is 3.34. The van der Waals surface area contributed by atoms with Gasteiger partial charge >= 0.3 is 0 Å². The molecular weight excluding hydrogens is 779 g/mol. The lowest BCUT2D eigenvalue weighted by Gasteiger charge is -2.34. The Kier molecular flexibility index (Phi) is 20.1. The van der Waals surface area contributed by atoms with Crippen molar-refractivity contribution in [1.82, 2.24) is 36.5 Å². The van der Waals surface area contributed by atoms with Crippen LogP contribution in [0.2, 0.25) is 0 Å². The fourth-order valence-electron chi connectivity index (χ4n) is 7.06. The van der Waals surface area contributed by atoms with E-state index < -0.39 is 95.9 Å². The van der Waals surface area contributed by atoms with Gasteiger partial charge in [-0.2, -0.15) is 11.8 Å². The molecule has 328 valence electrons. The van der Waals surface area contributed by atoms with Gasteiger partial charge in [-0.05, 0) is 61.9 Å². The van der Waals surface area contributed by atoms with Crippen molar-refractivity contribution in [1.29, 1.82) is 0 Å². The largest absolute Gasteiger partial charge is 0.394 e. The molecule has 18 heteroatoms. The van der Waals surface area contributed by atoms with Gasteiger partial charge in [0.2, 0.25) is 41.4 Å². The molecule has 7 amide bonds. The van der Waals surface area contributed by atoms with Gasteiger partial charge in [-0.3, -0.25) is 33.6 Å². The van der Waals surface area contributed by atoms with Crippen LogP contribution in [0.5, 0.6) is 0 Å². The second-order valence-corrected chi connectivity index (χ2v) is 16.5. The van der Waals surface area contributed by atoms with E-state index >= 15 is 0 Å². The van der Waals surface area contributed by atoms with Crippen LogP contribution in [0.1, 0.15) is 85.1 Å². The van der Waals surface area contributed by atoms with Gasteiger partial charge in [0, 0.05) is 42.2 Å². The number of carbonyl (C=O) groups excluding carboxylic acids is 7. The van der Waals surface area contributed by atoms with E-state index in [-0.39, 0.29) is 32.4 Å². The zero-order chi connectivity index (χ0) is 43.6. The number of hydrogen-bond acceptors (Lipinski definition) is 10. The number of primary amides is 1. The van der Waals surface area contributed by atoms with Crippen LogP contribution < -0.4 is 38.1 Å². The molecule has 0 saturated carbocycles. The summed E-state index contributed by atoms with van der Waals surface area (Å²) in [4.78, 5) is 101. The van der Waals surface area contributed by atoms with Gasteiger partial charge in [-0.1, -0.05) is 58.7 Å². The van der Waals surface area contributed by atoms with E-state index in [1.165, 1.54) is 16.7 Å². The normalized spacial score (nSPS) is 23.4. The number of aliphatic hydroxyl groups is 1. The summed E-state index contributed by atoms with van der Waals surface area (Å²) in [5.74, 6) is -4.84. The van der Waals surface area contributed by atoms with E-state index in [0.29, 0.717) is 43.7 Å². The number of hydrogen-bond donors (Lipinski definition) is 9. The minimum absolute atomic E-state index is 0.0264. The number of fused-ring (bicyclic) bond motifs is 1. The van der Waals surface area contributed by atoms with Crippen molar-refractivity contribution in [3.8, 4) is 0 Å². The summed E-state index contributed by atoms with van der Waals surface area (Å²) in [7, 11) is 0. The van der Waals surface area contributed by atoms with E-state index in [9.17, 15) is 38.7 Å². The summed E-state index contributed by atoms with van der Waals surface area (Å²) < 4.78 is 0. The first-order valence-electron chi connectivity index (χ1n) is 20.7. The number of para-hydroxylation sites is 1. The number of likely N-dealkylation sites (N-methyl/N-ethyl adjacent to an activating group) is 1. The maximum atomic E-state index is 14.2. The van der Waals surface area contributed by atoms with Gasteiger partial charge < -0.3 is 53.0 Å². The number of aromatic amines is 1. The first-order valence-corrected chi connectivity index (χ1v) is 21.9. The van der Waals surface area contributed by atoms with E-state index in [4.69, 9.17) is 11.5 Å². The van der Waals surface area contributed by atoms with Gasteiger partial charge in [0.05, 0.1) is 19.1 Å². The van der Waals surface area contributed by atoms with Crippen molar-refractivity contribution >= 4 is 64.0 Å². The molecule has 3 rings (SSSR count). The van der Waals surface area contributed by atoms with Crippen molar-refractivity contribution in [2.75, 3.05) is 31.2 Å². The van der Waals surface area contributed by atoms with Crippen LogP contribution in [0.3, 0.4) is 0 Å². The minimum atomic E-state index is -1.50. The first-order chi connectivity index (χ1) is 28.2. The highest BCUT2D eigenvalue weighted by Gasteiger charge is 2.37. The Bertz CT molecular complexity index is 1740. The molecule has 0 bridgehead atoms. The number of rotatable bonds is 15. The fourth-order valence-corrected chi connectivity index (χ4v) is 8.00. The van der Waals surface area contributed by atoms with Gasteiger partial charge in [0.25, 0.3) is 0 Å². The number of aliphatic hydroxyl groups excluding tert-OH is 1. The molecule has 0 radical (unpaired) electrons. The van der Waals surface area contributed by atoms with Gasteiger partial charge in [-0.25, -0.2) is 0 Å². The van der Waals surface area contributed by atoms with Gasteiger partial charge in [0.1, 0.15) is 30.2 Å². The molecule has 0 spiro atoms. The average Bonchev–Trinajstić information content (AvgIpc) is 3.63. The monoisotopic (exact) mass is 843 g/mol. The SMILES string of the molecule is CC[C@@H](C)[C@@H]1NC(=O)[C@H]([C@@H](C)CC)NC(=O)[C@@H](Cc2c[nH]c3ccccc23)NC(=O)CCSCC[C@@H](C(=O)N(CC)[C@H](CO)CCCN)NC(=O)[C@H](CC(N)=O)NC1=O. The van der Waals surface area contributed by atoms with E-state index in [0.717, 1.165) is 16.5 Å². The zero-order valence-corrected chi connectivity index (χ0v) is 35.8. The molecule has 59 heavy (non-hydrogen) atoms. The predicted octanol–water partition coefficient (Wildman–Crippen LogP) is 0.577. The lowest BCUT2D eigenvalue weighted by molar-refractivity contribution is -0.140. The Morgan fingerprint density at radius 2 is 1.49 bits per heavy atom. The topological polar surface area (TPSA) is 271 Å². The molecular formula is C41H65N9O8S. The van der Waals surface area contributed by atoms with Crippen molar-refractivity contribution in [2.24, 2.45) is 23.3 Å². The highest BCUT2D eigenvalue weighted by molar-refractivity contribution is 7.99. The van der Waals surface area contributed by atoms with Crippen molar-refractivity contribution in [3.05, 3.63) is 36.0 Å². The van der Waals surface area contributed by atoms with Crippen molar-refractivity contribution in [3.63, 3.8) is 0 Å². The number of nitrogens with zero attached hydrogens (tertiary/aromatic N) is 1. The van der Waals surface area contributed by atoms with Gasteiger partial charge in [-0.15, -0.1) is 0 Å². The molecule has 17 nitrogen and oxygen atoms in total. The predicted molar refractivity (Wildman–Crippen MR) is 227 cm³/mol. The summed E-state index contributed by atoms with van der Waals surface area (Å²) in [6.45, 7) is 9.20. The second-order valence-electron chi connectivity index (χ2n) is 15.3. The van der Waals surface area contributed by atoms with Crippen LogP contribution >= 0.6 is 11.8 Å². The third-order valence-corrected chi connectivity index (χ3v) is 12.0. The summed E-state index contributed by atoms with van der Waals surface area (Å²) in [5, 5.41) is 24.9. The van der Waals surface area contributed by atoms with Crippen LogP contribution in [0.25, 0.3) is 10.9 Å². The molecule has 1 saturated heterocycles. The molecule has 1 aromatic carbocycles. The quantitative estimate of drug-likeness (QED) is 0.120. The number of carbonyl (C=O) groups is 7. The third kappa shape index (κ3) is 14.2. The first kappa shape index (κ1) is 48.7. The van der Waals surface area contributed by atoms with Gasteiger partial charge in [0.15, 0.2) is 0 Å². The minimum Gasteiger partial charge on any atom is -0.394 e. The smallest absolute Gasteiger partial charge is 0.245 e. The number of nitrogens with one attached hydrogen (secondary N) is 6. The van der Waals surface area contributed by atoms with Crippen LogP contribution in [0, 0.1) is 11.8 Å². The molecule has 0 unspecified atom stereocenters. The Morgan fingerprint density at radius 3 is 2.10 bits per heavy atom. The van der Waals surface area contributed by atoms with Crippen molar-refractivity contribution < 1.29 is 38.7 Å². The second kappa shape index (κ2) is 24.4. The molecule has 0 aliphatic carbocycles. The summed E-state index contributed by atoms with van der Waals surface area (Å²) >= 11 is 1.36. The van der Waals surface area contributed by atoms with Crippen LogP contribution in [0.4, 0.5) is 0 Å². The zero-order valence-electron chi connectivity index (χ0n) is 35.0. The number of thioether (sulfide) groups is 1. The highest BCUT2D eigenvalue weighted by atomic mass is 32.2. The molecule has 8 atom stereocenters. The lowest BCUT2D eigenvalue weighted by Crippen LogP contribution is -2.62. The lowest BCUT2D eigenvalue weighted by atomic mass is 9.94. The van der Waals surface area contributed by atoms with Crippen LogP contribution in [-0.2, 0) is 40.0 Å². The molecule has 2 heterocycles. The Morgan fingerprint density at radius 1 is 0.864 bits per heavy atom. The number of nitrogens with two attached hydrogens (primary N) is 2. The van der Waals surface area contributed by atoms with E-state index in [1.54, 1.807) is 27.0 Å². The summed E-state index contributed by atoms with van der Waals surface area (Å²) in [6, 6.07) is 0.996. The number of amides is 7. The molecule has 1 aliphatic rings. The average molecular weight is 844 g/mol. The number of benzene rings is 1. The highest BCUT2D eigenvalue weighted by Crippen LogP contribution is 2.21. The maximum absolute atomic E-state index is 14.2. The van der Waals surface area contributed by atoms with E-state index in [2.05, 4.69) is 31.6 Å². The standard InChI is InChI=1S/C41H65N9O8S/c1-6-24(4)35-39(56)47-32(21-33(43)52)37(54)46-30(41(58)50(8-3)27(23-51)12-11-17-42)15-18-59-19-16-34(53)45-31(20-26-22-44-29-14-10-9-13-28(26)29)38(55)48-36(25(5)7-2)40(57)49-35/h9-10,13-14,22,24-25,27,30-32,35-36,44,51H,6-8,11-12,15-21,23,42H2,1-5H3,(H2,43,52)(H,45,53)(H,46,54)(H,47,56)(H,48,55)(H,49,57)/t24-,25+,27+,30+,31-,32+,35+,36+/m1/s1. The fraction of sp³-hybridized carbons (Fsp3) is 0.634. The molecule has 11 N–H and O–H groups in total. The Labute approximate surface area is 351 Å². The number of H-pyrrole nitrogens is 1. The van der Waals surface area contributed by atoms with E-state index in [1.807, 2.05) is 38.1 Å². The molecule has 1 aromatic heterocycles. The Balaban J connectivity index is 2.05. The Hall–Kier alpha value is -4.68. The van der Waals surface area contributed by atoms with Crippen LogP contribution in [0.15, 0.2) is 30.5 Å².